The summed E-state index contributed by atoms with van der Waals surface area (Å²) in [7, 11) is 0. The molecule has 0 bridgehead atoms. The van der Waals surface area contributed by atoms with E-state index in [0.717, 1.165) is 0 Å². The molecule has 1 heterocycles. The van der Waals surface area contributed by atoms with E-state index in [-0.39, 0.29) is 10.8 Å². The molecule has 0 aliphatic carbocycles. The highest BCUT2D eigenvalue weighted by atomic mass is 35.5. The second kappa shape index (κ2) is 7.00. The van der Waals surface area contributed by atoms with Crippen LogP contribution in [0.5, 0.6) is 0 Å². The number of aromatic nitrogens is 2. The Morgan fingerprint density at radius 1 is 1.19 bits per heavy atom. The molecule has 8 heteroatoms. The number of amides is 1. The number of anilines is 3. The number of carbonyl (C=O) groups excluding carboxylic acids is 1. The number of nitrogens with zero attached hydrogens (tertiary/aromatic N) is 3. The summed E-state index contributed by atoms with van der Waals surface area (Å²) >= 11 is 5.92. The topological polar surface area (TPSA) is 81.3 Å². The Morgan fingerprint density at radius 3 is 2.59 bits per heavy atom. The van der Waals surface area contributed by atoms with Crippen molar-refractivity contribution in [1.82, 2.24) is 9.97 Å². The number of ether oxygens (including phenoxy) is 1. The fraction of sp³-hybridized carbons (Fsp3) is 0.211. The Labute approximate surface area is 160 Å². The molecule has 3 rings (SSSR count). The zero-order chi connectivity index (χ0) is 19.8. The molecule has 6 nitrogen and oxygen atoms in total. The number of hydrogen-bond donors (Lipinski definition) is 1. The summed E-state index contributed by atoms with van der Waals surface area (Å²) in [6.45, 7) is 5.24. The van der Waals surface area contributed by atoms with Crippen LogP contribution in [-0.2, 0) is 4.74 Å². The van der Waals surface area contributed by atoms with Gasteiger partial charge in [-0.2, -0.15) is 0 Å². The highest BCUT2D eigenvalue weighted by Gasteiger charge is 2.28. The average Bonchev–Trinajstić information content (AvgIpc) is 2.57. The SMILES string of the molecule is CC(C)(C)OC(=O)N(c1ccc(F)c(Cl)c1)c1ncnc2ccc(N)cc12. The van der Waals surface area contributed by atoms with E-state index in [1.54, 1.807) is 39.0 Å². The average molecular weight is 389 g/mol. The van der Waals surface area contributed by atoms with E-state index in [4.69, 9.17) is 22.1 Å². The molecule has 1 amide bonds. The van der Waals surface area contributed by atoms with Crippen LogP contribution in [0.1, 0.15) is 20.8 Å². The largest absolute Gasteiger partial charge is 0.443 e. The molecule has 3 aromatic rings. The Hall–Kier alpha value is -2.93. The smallest absolute Gasteiger partial charge is 0.420 e. The van der Waals surface area contributed by atoms with Gasteiger partial charge < -0.3 is 10.5 Å². The lowest BCUT2D eigenvalue weighted by Gasteiger charge is -2.27. The summed E-state index contributed by atoms with van der Waals surface area (Å²) in [6, 6.07) is 9.01. The van der Waals surface area contributed by atoms with Crippen molar-refractivity contribution in [1.29, 1.82) is 0 Å². The quantitative estimate of drug-likeness (QED) is 0.619. The summed E-state index contributed by atoms with van der Waals surface area (Å²) < 4.78 is 19.2. The second-order valence-electron chi connectivity index (χ2n) is 6.89. The molecule has 0 aliphatic rings. The minimum absolute atomic E-state index is 0.126. The summed E-state index contributed by atoms with van der Waals surface area (Å²) in [5, 5.41) is 0.419. The van der Waals surface area contributed by atoms with Gasteiger partial charge in [0.05, 0.1) is 16.2 Å². The van der Waals surface area contributed by atoms with Gasteiger partial charge in [-0.3, -0.25) is 0 Å². The van der Waals surface area contributed by atoms with Gasteiger partial charge in [0.15, 0.2) is 5.82 Å². The highest BCUT2D eigenvalue weighted by molar-refractivity contribution is 6.31. The number of carbonyl (C=O) groups is 1. The van der Waals surface area contributed by atoms with Crippen LogP contribution in [0.3, 0.4) is 0 Å². The molecule has 2 N–H and O–H groups in total. The molecule has 0 fully saturated rings. The number of nitrogens with two attached hydrogens (primary N) is 1. The zero-order valence-corrected chi connectivity index (χ0v) is 15.8. The molecule has 0 atom stereocenters. The lowest BCUT2D eigenvalue weighted by atomic mass is 10.2. The first-order chi connectivity index (χ1) is 12.7. The molecular weight excluding hydrogens is 371 g/mol. The third kappa shape index (κ3) is 4.09. The number of fused-ring (bicyclic) bond motifs is 1. The Bertz CT molecular complexity index is 1020. The van der Waals surface area contributed by atoms with Gasteiger partial charge in [0.25, 0.3) is 0 Å². The summed E-state index contributed by atoms with van der Waals surface area (Å²) in [4.78, 5) is 22.6. The zero-order valence-electron chi connectivity index (χ0n) is 15.0. The van der Waals surface area contributed by atoms with Crippen LogP contribution in [0, 0.1) is 5.82 Å². The molecule has 2 aromatic carbocycles. The van der Waals surface area contributed by atoms with Gasteiger partial charge in [-0.25, -0.2) is 24.1 Å². The van der Waals surface area contributed by atoms with Crippen LogP contribution in [0.4, 0.5) is 26.4 Å². The number of benzene rings is 2. The van der Waals surface area contributed by atoms with Crippen molar-refractivity contribution >= 4 is 45.8 Å². The predicted molar refractivity (Wildman–Crippen MR) is 104 cm³/mol. The highest BCUT2D eigenvalue weighted by Crippen LogP contribution is 2.34. The Morgan fingerprint density at radius 2 is 1.93 bits per heavy atom. The minimum Gasteiger partial charge on any atom is -0.443 e. The third-order valence-corrected chi connectivity index (χ3v) is 3.88. The van der Waals surface area contributed by atoms with Gasteiger partial charge in [0.2, 0.25) is 0 Å². The van der Waals surface area contributed by atoms with Gasteiger partial charge in [-0.05, 0) is 57.2 Å². The predicted octanol–water partition coefficient (Wildman–Crippen LogP) is 5.08. The molecule has 0 spiro atoms. The molecule has 0 radical (unpaired) electrons. The van der Waals surface area contributed by atoms with Crippen LogP contribution < -0.4 is 10.6 Å². The van der Waals surface area contributed by atoms with E-state index < -0.39 is 17.5 Å². The molecule has 0 saturated heterocycles. The van der Waals surface area contributed by atoms with Crippen LogP contribution >= 0.6 is 11.6 Å². The molecule has 0 aliphatic heterocycles. The van der Waals surface area contributed by atoms with Crippen molar-refractivity contribution in [2.45, 2.75) is 26.4 Å². The lowest BCUT2D eigenvalue weighted by molar-refractivity contribution is 0.0598. The molecule has 1 aromatic heterocycles. The molecule has 0 saturated carbocycles. The van der Waals surface area contributed by atoms with E-state index in [0.29, 0.717) is 22.3 Å². The van der Waals surface area contributed by atoms with Crippen LogP contribution in [0.15, 0.2) is 42.7 Å². The van der Waals surface area contributed by atoms with Crippen molar-refractivity contribution in [3.8, 4) is 0 Å². The van der Waals surface area contributed by atoms with Crippen LogP contribution in [0.2, 0.25) is 5.02 Å². The number of hydrogen-bond acceptors (Lipinski definition) is 5. The van der Waals surface area contributed by atoms with Gasteiger partial charge in [0.1, 0.15) is 17.7 Å². The van der Waals surface area contributed by atoms with Gasteiger partial charge in [-0.15, -0.1) is 0 Å². The summed E-state index contributed by atoms with van der Waals surface area (Å²) in [5.74, 6) is -0.342. The van der Waals surface area contributed by atoms with Crippen molar-refractivity contribution < 1.29 is 13.9 Å². The van der Waals surface area contributed by atoms with Crippen LogP contribution in [-0.4, -0.2) is 21.7 Å². The molecule has 27 heavy (non-hydrogen) atoms. The van der Waals surface area contributed by atoms with E-state index in [9.17, 15) is 9.18 Å². The standard InChI is InChI=1S/C19H18ClFN4O2/c1-19(2,3)27-18(26)25(12-5-6-15(21)14(20)9-12)17-13-8-11(22)4-7-16(13)23-10-24-17/h4-10H,22H2,1-3H3. The van der Waals surface area contributed by atoms with E-state index in [1.165, 1.54) is 29.4 Å². The summed E-state index contributed by atoms with van der Waals surface area (Å²) in [5.41, 5.74) is 6.53. The monoisotopic (exact) mass is 388 g/mol. The normalized spacial score (nSPS) is 11.4. The first-order valence-electron chi connectivity index (χ1n) is 8.14. The lowest BCUT2D eigenvalue weighted by Crippen LogP contribution is -2.34. The third-order valence-electron chi connectivity index (χ3n) is 3.59. The maximum Gasteiger partial charge on any atom is 0.420 e. The van der Waals surface area contributed by atoms with E-state index in [2.05, 4.69) is 9.97 Å². The Balaban J connectivity index is 2.22. The van der Waals surface area contributed by atoms with E-state index >= 15 is 0 Å². The molecule has 0 unspecified atom stereocenters. The van der Waals surface area contributed by atoms with Crippen molar-refractivity contribution in [3.05, 3.63) is 53.6 Å². The van der Waals surface area contributed by atoms with Gasteiger partial charge >= 0.3 is 6.09 Å². The number of nitrogen functional groups attached to an aromatic ring is 1. The van der Waals surface area contributed by atoms with Gasteiger partial charge in [0, 0.05) is 11.1 Å². The second-order valence-corrected chi connectivity index (χ2v) is 7.30. The summed E-state index contributed by atoms with van der Waals surface area (Å²) in [6.07, 6.45) is 0.642. The molecular formula is C19H18ClFN4O2. The van der Waals surface area contributed by atoms with Gasteiger partial charge in [-0.1, -0.05) is 11.6 Å². The first kappa shape index (κ1) is 18.8. The first-order valence-corrected chi connectivity index (χ1v) is 8.52. The van der Waals surface area contributed by atoms with Crippen molar-refractivity contribution in [3.63, 3.8) is 0 Å². The fourth-order valence-electron chi connectivity index (χ4n) is 2.48. The number of halogens is 2. The number of rotatable bonds is 2. The van der Waals surface area contributed by atoms with Crippen molar-refractivity contribution in [2.75, 3.05) is 10.6 Å². The van der Waals surface area contributed by atoms with E-state index in [1.807, 2.05) is 0 Å². The molecule has 140 valence electrons. The minimum atomic E-state index is -0.749. The maximum atomic E-state index is 13.6. The maximum absolute atomic E-state index is 13.6. The van der Waals surface area contributed by atoms with Crippen LogP contribution in [0.25, 0.3) is 10.9 Å². The Kier molecular flexibility index (Phi) is 4.89. The van der Waals surface area contributed by atoms with Crippen molar-refractivity contribution in [2.24, 2.45) is 0 Å². The fourth-order valence-corrected chi connectivity index (χ4v) is 2.66.